The number of amides is 3. The van der Waals surface area contributed by atoms with Crippen molar-refractivity contribution >= 4 is 52.2 Å². The summed E-state index contributed by atoms with van der Waals surface area (Å²) < 4.78 is 86.5. The first kappa shape index (κ1) is 33.6. The summed E-state index contributed by atoms with van der Waals surface area (Å²) in [5.74, 6) is -4.33. The minimum absolute atomic E-state index is 0.125. The van der Waals surface area contributed by atoms with Gasteiger partial charge in [0.15, 0.2) is 6.61 Å². The van der Waals surface area contributed by atoms with Crippen molar-refractivity contribution in [1.29, 1.82) is 0 Å². The number of halogens is 6. The molecule has 51 heavy (non-hydrogen) atoms. The highest BCUT2D eigenvalue weighted by atomic mass is 32.2. The van der Waals surface area contributed by atoms with E-state index in [9.17, 15) is 45.5 Å². The van der Waals surface area contributed by atoms with Crippen LogP contribution in [0.5, 0.6) is 5.75 Å². The highest BCUT2D eigenvalue weighted by Gasteiger charge is 2.69. The van der Waals surface area contributed by atoms with E-state index in [0.29, 0.717) is 17.0 Å². The average Bonchev–Trinajstić information content (AvgIpc) is 3.82. The number of rotatable bonds is 6. The number of hydrogen-bond donors (Lipinski definition) is 2. The molecule has 4 aromatic rings. The zero-order valence-electron chi connectivity index (χ0n) is 26.0. The molecule has 2 aliphatic heterocycles. The number of aromatic amines is 1. The number of anilines is 2. The Morgan fingerprint density at radius 2 is 1.61 bits per heavy atom. The van der Waals surface area contributed by atoms with E-state index in [-0.39, 0.29) is 39.3 Å². The molecule has 2 aliphatic carbocycles. The number of para-hydroxylation sites is 1. The third-order valence-electron chi connectivity index (χ3n) is 10.2. The highest BCUT2D eigenvalue weighted by Crippen LogP contribution is 2.68. The minimum Gasteiger partial charge on any atom is -0.484 e. The molecule has 7 atom stereocenters. The van der Waals surface area contributed by atoms with Crippen molar-refractivity contribution in [2.45, 2.75) is 35.0 Å². The van der Waals surface area contributed by atoms with Crippen molar-refractivity contribution < 1.29 is 45.5 Å². The SMILES string of the molecule is O=C(COc1cccc([C@H]2c3sc(=O)[nH]c3SC3C2[C@H]2C[C@@H]3C3C(=O)N(c4cccc(C(F)(F)F)c4)C(=O)C32)c1)Nc1ccccc1C(F)(F)F. The number of thioether (sulfide) groups is 1. The Kier molecular flexibility index (Phi) is 7.90. The molecule has 1 aromatic heterocycles. The number of fused-ring (bicyclic) bond motifs is 9. The summed E-state index contributed by atoms with van der Waals surface area (Å²) in [6.07, 6.45) is -8.79. The average molecular weight is 746 g/mol. The molecule has 8 rings (SSSR count). The number of H-pyrrole nitrogens is 1. The van der Waals surface area contributed by atoms with Crippen LogP contribution in [0.2, 0.25) is 0 Å². The first-order valence-electron chi connectivity index (χ1n) is 15.8. The van der Waals surface area contributed by atoms with E-state index in [1.807, 2.05) is 6.07 Å². The van der Waals surface area contributed by atoms with Gasteiger partial charge in [-0.2, -0.15) is 26.3 Å². The number of benzene rings is 3. The monoisotopic (exact) mass is 745 g/mol. The fourth-order valence-electron chi connectivity index (χ4n) is 8.44. The Morgan fingerprint density at radius 1 is 0.882 bits per heavy atom. The van der Waals surface area contributed by atoms with Gasteiger partial charge in [-0.15, -0.1) is 11.8 Å². The van der Waals surface area contributed by atoms with Crippen LogP contribution in [0.1, 0.15) is 33.9 Å². The smallest absolute Gasteiger partial charge is 0.418 e. The summed E-state index contributed by atoms with van der Waals surface area (Å²) in [6.45, 7) is -0.596. The molecular weight excluding hydrogens is 721 g/mol. The van der Waals surface area contributed by atoms with Gasteiger partial charge in [0, 0.05) is 16.0 Å². The van der Waals surface area contributed by atoms with E-state index in [2.05, 4.69) is 10.3 Å². The lowest BCUT2D eigenvalue weighted by Crippen LogP contribution is -2.42. The van der Waals surface area contributed by atoms with E-state index < -0.39 is 71.2 Å². The fourth-order valence-corrected chi connectivity index (χ4v) is 11.3. The van der Waals surface area contributed by atoms with Gasteiger partial charge in [0.1, 0.15) is 5.75 Å². The number of alkyl halides is 6. The zero-order valence-corrected chi connectivity index (χ0v) is 27.6. The van der Waals surface area contributed by atoms with Gasteiger partial charge in [-0.3, -0.25) is 24.1 Å². The molecule has 4 aliphatic rings. The Labute approximate surface area is 293 Å². The van der Waals surface area contributed by atoms with Crippen LogP contribution in [0.25, 0.3) is 0 Å². The maximum atomic E-state index is 14.0. The zero-order chi connectivity index (χ0) is 36.0. The fraction of sp³-hybridized carbons (Fsp3) is 0.314. The quantitative estimate of drug-likeness (QED) is 0.160. The minimum atomic E-state index is -4.68. The summed E-state index contributed by atoms with van der Waals surface area (Å²) >= 11 is 2.48. The van der Waals surface area contributed by atoms with Crippen LogP contribution in [0.4, 0.5) is 37.7 Å². The molecule has 264 valence electrons. The van der Waals surface area contributed by atoms with Crippen molar-refractivity contribution in [2.24, 2.45) is 29.6 Å². The third kappa shape index (κ3) is 5.62. The first-order valence-corrected chi connectivity index (χ1v) is 17.5. The van der Waals surface area contributed by atoms with Crippen LogP contribution in [-0.4, -0.2) is 34.6 Å². The van der Waals surface area contributed by atoms with Gasteiger partial charge in [0.25, 0.3) is 5.91 Å². The number of hydrogen-bond acceptors (Lipinski definition) is 7. The van der Waals surface area contributed by atoms with Gasteiger partial charge in [0.05, 0.1) is 39.4 Å². The van der Waals surface area contributed by atoms with Crippen LogP contribution < -0.4 is 19.8 Å². The van der Waals surface area contributed by atoms with E-state index in [1.54, 1.807) is 18.2 Å². The standard InChI is InChI=1S/C35H25F6N3O5S2/c36-34(37,38)16-6-4-7-17(12-16)44-31(46)26-19-13-20(27(26)32(44)47)28-25(19)24(29-30(50-28)43-33(48)51-29)15-5-3-8-18(11-15)49-14-23(45)42-22-10-2-1-9-21(22)35(39,40)41/h1-12,19-20,24-28H,13-14H2,(H,42,45)(H,43,48)/t19-,20-,24-,25?,26?,27?,28?/m1/s1. The van der Waals surface area contributed by atoms with Crippen molar-refractivity contribution in [2.75, 3.05) is 16.8 Å². The molecule has 3 aromatic carbocycles. The summed E-state index contributed by atoms with van der Waals surface area (Å²) in [5.41, 5.74) is -1.80. The molecule has 1 saturated heterocycles. The normalized spacial score (nSPS) is 26.5. The molecular formula is C35H25F6N3O5S2. The predicted octanol–water partition coefficient (Wildman–Crippen LogP) is 7.17. The van der Waals surface area contributed by atoms with E-state index >= 15 is 0 Å². The Hall–Kier alpha value is -4.57. The molecule has 0 spiro atoms. The van der Waals surface area contributed by atoms with Gasteiger partial charge < -0.3 is 15.0 Å². The van der Waals surface area contributed by atoms with Crippen LogP contribution in [0, 0.1) is 29.6 Å². The second-order valence-corrected chi connectivity index (χ2v) is 15.2. The van der Waals surface area contributed by atoms with Crippen molar-refractivity contribution in [1.82, 2.24) is 4.98 Å². The molecule has 2 N–H and O–H groups in total. The van der Waals surface area contributed by atoms with E-state index in [1.165, 1.54) is 36.0 Å². The van der Waals surface area contributed by atoms with Gasteiger partial charge in [0.2, 0.25) is 11.8 Å². The summed E-state index contributed by atoms with van der Waals surface area (Å²) in [6, 6.07) is 15.5. The molecule has 8 nitrogen and oxygen atoms in total. The van der Waals surface area contributed by atoms with Crippen LogP contribution in [0.15, 0.2) is 82.6 Å². The number of imide groups is 1. The lowest BCUT2D eigenvalue weighted by atomic mass is 9.68. The number of nitrogens with zero attached hydrogens (tertiary/aromatic N) is 1. The van der Waals surface area contributed by atoms with Crippen molar-refractivity contribution in [3.63, 3.8) is 0 Å². The highest BCUT2D eigenvalue weighted by molar-refractivity contribution is 8.00. The van der Waals surface area contributed by atoms with Gasteiger partial charge in [-0.25, -0.2) is 0 Å². The Bertz CT molecular complexity index is 2150. The number of aromatic nitrogens is 1. The second-order valence-electron chi connectivity index (χ2n) is 13.0. The number of nitrogens with one attached hydrogen (secondary N) is 2. The van der Waals surface area contributed by atoms with Crippen LogP contribution in [-0.2, 0) is 26.7 Å². The molecule has 2 saturated carbocycles. The van der Waals surface area contributed by atoms with Crippen LogP contribution >= 0.6 is 23.1 Å². The molecule has 2 bridgehead atoms. The Morgan fingerprint density at radius 3 is 2.35 bits per heavy atom. The second kappa shape index (κ2) is 12.0. The summed E-state index contributed by atoms with van der Waals surface area (Å²) in [5, 5.41) is 2.69. The molecule has 3 amide bonds. The van der Waals surface area contributed by atoms with Gasteiger partial charge >= 0.3 is 17.2 Å². The first-order chi connectivity index (χ1) is 24.2. The lowest BCUT2D eigenvalue weighted by molar-refractivity contribution is -0.138. The largest absolute Gasteiger partial charge is 0.484 e. The molecule has 0 radical (unpaired) electrons. The summed E-state index contributed by atoms with van der Waals surface area (Å²) in [4.78, 5) is 57.3. The van der Waals surface area contributed by atoms with Crippen molar-refractivity contribution in [3.05, 3.63) is 104 Å². The lowest BCUT2D eigenvalue weighted by Gasteiger charge is -2.43. The summed E-state index contributed by atoms with van der Waals surface area (Å²) in [7, 11) is 0. The molecule has 4 unspecified atom stereocenters. The van der Waals surface area contributed by atoms with Gasteiger partial charge in [-0.05, 0) is 72.2 Å². The van der Waals surface area contributed by atoms with Crippen molar-refractivity contribution in [3.8, 4) is 5.75 Å². The molecule has 3 heterocycles. The van der Waals surface area contributed by atoms with E-state index in [4.69, 9.17) is 4.74 Å². The predicted molar refractivity (Wildman–Crippen MR) is 174 cm³/mol. The Balaban J connectivity index is 1.07. The molecule has 16 heteroatoms. The number of carbonyl (C=O) groups excluding carboxylic acids is 3. The molecule has 3 fully saturated rings. The topological polar surface area (TPSA) is 109 Å². The maximum Gasteiger partial charge on any atom is 0.418 e. The van der Waals surface area contributed by atoms with Crippen LogP contribution in [0.3, 0.4) is 0 Å². The maximum absolute atomic E-state index is 14.0. The number of ether oxygens (including phenoxy) is 1. The van der Waals surface area contributed by atoms with Gasteiger partial charge in [-0.1, -0.05) is 41.7 Å². The van der Waals surface area contributed by atoms with E-state index in [0.717, 1.165) is 45.4 Å². The number of carbonyl (C=O) groups is 3. The number of thiazole rings is 1. The third-order valence-corrected chi connectivity index (χ3v) is 12.8.